The van der Waals surface area contributed by atoms with Gasteiger partial charge in [-0.1, -0.05) is 18.2 Å². The van der Waals surface area contributed by atoms with Crippen LogP contribution in [-0.2, 0) is 4.79 Å². The predicted molar refractivity (Wildman–Crippen MR) is 127 cm³/mol. The van der Waals surface area contributed by atoms with Gasteiger partial charge in [-0.2, -0.15) is 0 Å². The fourth-order valence-electron chi connectivity index (χ4n) is 3.19. The molecule has 2 aromatic rings. The molecule has 1 saturated heterocycles. The van der Waals surface area contributed by atoms with Crippen molar-refractivity contribution in [1.29, 1.82) is 0 Å². The zero-order chi connectivity index (χ0) is 19.1. The average Bonchev–Trinajstić information content (AvgIpc) is 3.29. The van der Waals surface area contributed by atoms with Gasteiger partial charge < -0.3 is 20.6 Å². The Kier molecular flexibility index (Phi) is 9.46. The van der Waals surface area contributed by atoms with E-state index in [9.17, 15) is 9.90 Å². The number of aliphatic hydroxyl groups excluding tert-OH is 1. The second-order valence-electron chi connectivity index (χ2n) is 6.69. The number of halogens is 1. The topological polar surface area (TPSA) is 77.0 Å². The van der Waals surface area contributed by atoms with Crippen LogP contribution in [0.3, 0.4) is 0 Å². The van der Waals surface area contributed by atoms with Crippen molar-refractivity contribution in [2.45, 2.75) is 32.3 Å². The molecule has 0 aliphatic carbocycles. The molecule has 1 amide bonds. The monoisotopic (exact) mass is 516 g/mol. The number of nitrogens with zero attached hydrogens (tertiary/aromatic N) is 2. The average molecular weight is 516 g/mol. The third-order valence-corrected chi connectivity index (χ3v) is 5.83. The van der Waals surface area contributed by atoms with Crippen molar-refractivity contribution in [3.05, 3.63) is 35.2 Å². The quantitative estimate of drug-likeness (QED) is 0.218. The number of aliphatic hydroxyl groups is 1. The number of carbonyl (C=O) groups is 1. The minimum Gasteiger partial charge on any atom is -0.386 e. The van der Waals surface area contributed by atoms with Crippen LogP contribution in [0.25, 0.3) is 10.1 Å². The van der Waals surface area contributed by atoms with Gasteiger partial charge in [-0.05, 0) is 37.3 Å². The molecule has 1 atom stereocenters. The highest BCUT2D eigenvalue weighted by atomic mass is 127. The first-order valence-corrected chi connectivity index (χ1v) is 10.5. The number of amides is 1. The van der Waals surface area contributed by atoms with Crippen LogP contribution in [0.4, 0.5) is 0 Å². The highest BCUT2D eigenvalue weighted by Gasteiger charge is 2.19. The van der Waals surface area contributed by atoms with E-state index >= 15 is 0 Å². The van der Waals surface area contributed by atoms with E-state index in [-0.39, 0.29) is 29.9 Å². The lowest BCUT2D eigenvalue weighted by Gasteiger charge is -2.16. The SMILES string of the molecule is CCNC(=NCC(O)c1cc2ccccc2s1)NCCCN1CCCC1=O.I. The zero-order valence-electron chi connectivity index (χ0n) is 16.2. The van der Waals surface area contributed by atoms with Gasteiger partial charge in [0.1, 0.15) is 6.10 Å². The Morgan fingerprint density at radius 2 is 2.18 bits per heavy atom. The largest absolute Gasteiger partial charge is 0.386 e. The number of thiophene rings is 1. The van der Waals surface area contributed by atoms with Crippen molar-refractivity contribution in [3.63, 3.8) is 0 Å². The van der Waals surface area contributed by atoms with E-state index in [1.54, 1.807) is 11.3 Å². The molecule has 28 heavy (non-hydrogen) atoms. The Hall–Kier alpha value is -1.39. The summed E-state index contributed by atoms with van der Waals surface area (Å²) in [5.41, 5.74) is 0. The predicted octanol–water partition coefficient (Wildman–Crippen LogP) is 3.12. The number of benzene rings is 1. The van der Waals surface area contributed by atoms with E-state index in [4.69, 9.17) is 0 Å². The Bertz CT molecular complexity index is 762. The summed E-state index contributed by atoms with van der Waals surface area (Å²) in [6.07, 6.45) is 1.94. The number of aliphatic imine (C=N–C) groups is 1. The van der Waals surface area contributed by atoms with Crippen molar-refractivity contribution >= 4 is 57.3 Å². The summed E-state index contributed by atoms with van der Waals surface area (Å²) in [7, 11) is 0. The molecule has 1 aromatic carbocycles. The fraction of sp³-hybridized carbons (Fsp3) is 0.500. The van der Waals surface area contributed by atoms with Gasteiger partial charge in [-0.3, -0.25) is 9.79 Å². The molecule has 1 aliphatic rings. The molecular weight excluding hydrogens is 487 g/mol. The molecule has 3 N–H and O–H groups in total. The van der Waals surface area contributed by atoms with Crippen LogP contribution in [-0.4, -0.2) is 54.6 Å². The molecule has 8 heteroatoms. The molecule has 0 spiro atoms. The van der Waals surface area contributed by atoms with E-state index in [2.05, 4.69) is 27.8 Å². The summed E-state index contributed by atoms with van der Waals surface area (Å²) in [4.78, 5) is 19.0. The number of hydrogen-bond donors (Lipinski definition) is 3. The lowest BCUT2D eigenvalue weighted by Crippen LogP contribution is -2.39. The lowest BCUT2D eigenvalue weighted by atomic mass is 10.2. The van der Waals surface area contributed by atoms with Gasteiger partial charge in [0.2, 0.25) is 5.91 Å². The summed E-state index contributed by atoms with van der Waals surface area (Å²) in [5.74, 6) is 0.965. The highest BCUT2D eigenvalue weighted by molar-refractivity contribution is 14.0. The third-order valence-electron chi connectivity index (χ3n) is 4.61. The maximum Gasteiger partial charge on any atom is 0.222 e. The Labute approximate surface area is 187 Å². The first-order valence-electron chi connectivity index (χ1n) is 9.64. The van der Waals surface area contributed by atoms with Crippen LogP contribution < -0.4 is 10.6 Å². The van der Waals surface area contributed by atoms with E-state index in [0.717, 1.165) is 49.3 Å². The molecule has 2 heterocycles. The second kappa shape index (κ2) is 11.6. The molecule has 0 bridgehead atoms. The van der Waals surface area contributed by atoms with Gasteiger partial charge in [-0.15, -0.1) is 35.3 Å². The second-order valence-corrected chi connectivity index (χ2v) is 7.80. The molecule has 1 fully saturated rings. The number of nitrogens with one attached hydrogen (secondary N) is 2. The zero-order valence-corrected chi connectivity index (χ0v) is 19.3. The highest BCUT2D eigenvalue weighted by Crippen LogP contribution is 2.29. The Balaban J connectivity index is 0.00000280. The molecule has 1 aromatic heterocycles. The molecule has 0 radical (unpaired) electrons. The summed E-state index contributed by atoms with van der Waals surface area (Å²) in [5, 5.41) is 18.1. The summed E-state index contributed by atoms with van der Waals surface area (Å²) < 4.78 is 1.18. The van der Waals surface area contributed by atoms with Crippen LogP contribution in [0.2, 0.25) is 0 Å². The van der Waals surface area contributed by atoms with Gasteiger partial charge in [0.05, 0.1) is 6.54 Å². The molecule has 154 valence electrons. The molecular formula is C20H29IN4O2S. The first-order chi connectivity index (χ1) is 13.2. The Morgan fingerprint density at radius 1 is 1.36 bits per heavy atom. The van der Waals surface area contributed by atoms with Gasteiger partial charge in [0.25, 0.3) is 0 Å². The lowest BCUT2D eigenvalue weighted by molar-refractivity contribution is -0.127. The number of carbonyl (C=O) groups excluding carboxylic acids is 1. The molecule has 0 saturated carbocycles. The van der Waals surface area contributed by atoms with Gasteiger partial charge in [0, 0.05) is 42.2 Å². The molecule has 1 aliphatic heterocycles. The maximum atomic E-state index is 11.6. The van der Waals surface area contributed by atoms with E-state index in [1.807, 2.05) is 30.0 Å². The van der Waals surface area contributed by atoms with E-state index < -0.39 is 6.10 Å². The van der Waals surface area contributed by atoms with Crippen LogP contribution in [0.5, 0.6) is 0 Å². The van der Waals surface area contributed by atoms with Gasteiger partial charge in [-0.25, -0.2) is 0 Å². The van der Waals surface area contributed by atoms with Crippen LogP contribution in [0, 0.1) is 0 Å². The van der Waals surface area contributed by atoms with Crippen molar-refractivity contribution in [1.82, 2.24) is 15.5 Å². The van der Waals surface area contributed by atoms with Crippen molar-refractivity contribution in [2.75, 3.05) is 32.7 Å². The van der Waals surface area contributed by atoms with Gasteiger partial charge in [0.15, 0.2) is 5.96 Å². The molecule has 3 rings (SSSR count). The third kappa shape index (κ3) is 6.31. The first kappa shape index (κ1) is 22.9. The Morgan fingerprint density at radius 3 is 2.89 bits per heavy atom. The number of fused-ring (bicyclic) bond motifs is 1. The van der Waals surface area contributed by atoms with Crippen molar-refractivity contribution in [3.8, 4) is 0 Å². The number of guanidine groups is 1. The number of likely N-dealkylation sites (tertiary alicyclic amines) is 1. The van der Waals surface area contributed by atoms with E-state index in [0.29, 0.717) is 18.9 Å². The number of rotatable bonds is 8. The molecule has 6 nitrogen and oxygen atoms in total. The normalized spacial score (nSPS) is 15.6. The van der Waals surface area contributed by atoms with E-state index in [1.165, 1.54) is 4.70 Å². The van der Waals surface area contributed by atoms with Crippen molar-refractivity contribution < 1.29 is 9.90 Å². The van der Waals surface area contributed by atoms with Crippen LogP contribution in [0.1, 0.15) is 37.2 Å². The van der Waals surface area contributed by atoms with Crippen LogP contribution in [0.15, 0.2) is 35.3 Å². The molecule has 1 unspecified atom stereocenters. The number of hydrogen-bond acceptors (Lipinski definition) is 4. The maximum absolute atomic E-state index is 11.6. The smallest absolute Gasteiger partial charge is 0.222 e. The van der Waals surface area contributed by atoms with Crippen molar-refractivity contribution in [2.24, 2.45) is 4.99 Å². The minimum absolute atomic E-state index is 0. The summed E-state index contributed by atoms with van der Waals surface area (Å²) in [6.45, 7) is 5.50. The minimum atomic E-state index is -0.611. The fourth-order valence-corrected chi connectivity index (χ4v) is 4.24. The summed E-state index contributed by atoms with van der Waals surface area (Å²) >= 11 is 1.61. The van der Waals surface area contributed by atoms with Crippen LogP contribution >= 0.6 is 35.3 Å². The van der Waals surface area contributed by atoms with Gasteiger partial charge >= 0.3 is 0 Å². The summed E-state index contributed by atoms with van der Waals surface area (Å²) in [6, 6.07) is 10.2. The standard InChI is InChI=1S/C20H28N4O2S.HI/c1-2-21-20(22-10-6-12-24-11-5-9-19(24)26)23-14-16(25)18-13-15-7-3-4-8-17(15)27-18;/h3-4,7-8,13,16,25H,2,5-6,9-12,14H2,1H3,(H2,21,22,23);1H.